The fraction of sp³-hybridized carbons (Fsp3) is 0.526. The van der Waals surface area contributed by atoms with Crippen LogP contribution in [0.4, 0.5) is 5.69 Å². The molecular formula is C19H24N2O5. The Balaban J connectivity index is 1.67. The van der Waals surface area contributed by atoms with Crippen LogP contribution in [0.3, 0.4) is 0 Å². The Morgan fingerprint density at radius 2 is 1.96 bits per heavy atom. The Morgan fingerprint density at radius 3 is 2.54 bits per heavy atom. The van der Waals surface area contributed by atoms with E-state index in [9.17, 15) is 19.5 Å². The van der Waals surface area contributed by atoms with Gasteiger partial charge in [-0.1, -0.05) is 0 Å². The van der Waals surface area contributed by atoms with Crippen LogP contribution in [0.25, 0.3) is 0 Å². The van der Waals surface area contributed by atoms with E-state index in [2.05, 4.69) is 5.32 Å². The minimum atomic E-state index is -1.05. The number of carbonyl (C=O) groups is 3. The standard InChI is InChI=1S/C19H24N2O5/c1-26-12-19(18(24)25)9-2-10-21(11-19)17(23)14-5-7-15(8-6-14)20-16(22)13-3-4-13/h5-8,13H,2-4,9-12H2,1H3,(H,20,22)(H,24,25). The second-order valence-corrected chi connectivity index (χ2v) is 7.19. The lowest BCUT2D eigenvalue weighted by Gasteiger charge is -2.39. The molecule has 1 aromatic rings. The largest absolute Gasteiger partial charge is 0.481 e. The quantitative estimate of drug-likeness (QED) is 0.809. The van der Waals surface area contributed by atoms with Gasteiger partial charge in [0, 0.05) is 37.4 Å². The Kier molecular flexibility index (Phi) is 5.27. The summed E-state index contributed by atoms with van der Waals surface area (Å²) < 4.78 is 5.10. The molecule has 1 saturated heterocycles. The van der Waals surface area contributed by atoms with Gasteiger partial charge in [-0.2, -0.15) is 0 Å². The highest BCUT2D eigenvalue weighted by molar-refractivity contribution is 5.97. The van der Waals surface area contributed by atoms with Crippen LogP contribution in [0.5, 0.6) is 0 Å². The number of likely N-dealkylation sites (tertiary alicyclic amines) is 1. The molecule has 0 bridgehead atoms. The lowest BCUT2D eigenvalue weighted by molar-refractivity contribution is -0.155. The molecule has 0 radical (unpaired) electrons. The zero-order valence-electron chi connectivity index (χ0n) is 14.9. The number of ether oxygens (including phenoxy) is 1. The lowest BCUT2D eigenvalue weighted by Crippen LogP contribution is -2.52. The molecule has 26 heavy (non-hydrogen) atoms. The van der Waals surface area contributed by atoms with Gasteiger partial charge in [0.05, 0.1) is 6.61 Å². The number of hydrogen-bond acceptors (Lipinski definition) is 4. The van der Waals surface area contributed by atoms with Crippen molar-refractivity contribution in [3.63, 3.8) is 0 Å². The normalized spacial score (nSPS) is 22.7. The average molecular weight is 360 g/mol. The molecule has 3 rings (SSSR count). The first-order valence-electron chi connectivity index (χ1n) is 8.88. The third-order valence-electron chi connectivity index (χ3n) is 5.09. The first kappa shape index (κ1) is 18.4. The maximum Gasteiger partial charge on any atom is 0.313 e. The number of nitrogens with one attached hydrogen (secondary N) is 1. The van der Waals surface area contributed by atoms with Crippen LogP contribution in [0.2, 0.25) is 0 Å². The molecule has 2 amide bonds. The number of anilines is 1. The number of methoxy groups -OCH3 is 1. The van der Waals surface area contributed by atoms with Gasteiger partial charge in [-0.15, -0.1) is 0 Å². The van der Waals surface area contributed by atoms with Gasteiger partial charge in [-0.05, 0) is 49.9 Å². The van der Waals surface area contributed by atoms with E-state index in [0.29, 0.717) is 30.6 Å². The van der Waals surface area contributed by atoms with Gasteiger partial charge in [-0.3, -0.25) is 14.4 Å². The number of piperidine rings is 1. The molecule has 1 aliphatic carbocycles. The summed E-state index contributed by atoms with van der Waals surface area (Å²) in [6, 6.07) is 6.74. The number of carboxylic acid groups (broad SMARTS) is 1. The van der Waals surface area contributed by atoms with Gasteiger partial charge < -0.3 is 20.1 Å². The maximum absolute atomic E-state index is 12.8. The van der Waals surface area contributed by atoms with Crippen molar-refractivity contribution in [3.05, 3.63) is 29.8 Å². The second kappa shape index (κ2) is 7.45. The van der Waals surface area contributed by atoms with Crippen LogP contribution in [0.15, 0.2) is 24.3 Å². The molecule has 7 heteroatoms. The molecule has 2 N–H and O–H groups in total. The Labute approximate surface area is 152 Å². The SMILES string of the molecule is COCC1(C(=O)O)CCCN(C(=O)c2ccc(NC(=O)C3CC3)cc2)C1. The van der Waals surface area contributed by atoms with Crippen LogP contribution in [-0.4, -0.2) is 54.6 Å². The van der Waals surface area contributed by atoms with Crippen LogP contribution in [-0.2, 0) is 14.3 Å². The highest BCUT2D eigenvalue weighted by Crippen LogP contribution is 2.32. The number of amides is 2. The predicted octanol–water partition coefficient (Wildman–Crippen LogP) is 1.99. The van der Waals surface area contributed by atoms with E-state index >= 15 is 0 Å². The Morgan fingerprint density at radius 1 is 1.27 bits per heavy atom. The van der Waals surface area contributed by atoms with Gasteiger partial charge in [0.25, 0.3) is 5.91 Å². The summed E-state index contributed by atoms with van der Waals surface area (Å²) in [6.45, 7) is 0.741. The van der Waals surface area contributed by atoms with Gasteiger partial charge in [-0.25, -0.2) is 0 Å². The zero-order valence-corrected chi connectivity index (χ0v) is 14.9. The van der Waals surface area contributed by atoms with Crippen LogP contribution < -0.4 is 5.32 Å². The van der Waals surface area contributed by atoms with E-state index < -0.39 is 11.4 Å². The summed E-state index contributed by atoms with van der Waals surface area (Å²) in [6.07, 6.45) is 2.98. The summed E-state index contributed by atoms with van der Waals surface area (Å²) >= 11 is 0. The molecule has 140 valence electrons. The molecule has 0 aromatic heterocycles. The van der Waals surface area contributed by atoms with Gasteiger partial charge in [0.15, 0.2) is 0 Å². The monoisotopic (exact) mass is 360 g/mol. The third kappa shape index (κ3) is 3.88. The van der Waals surface area contributed by atoms with Gasteiger partial charge in [0.2, 0.25) is 5.91 Å². The van der Waals surface area contributed by atoms with Crippen LogP contribution >= 0.6 is 0 Å². The third-order valence-corrected chi connectivity index (χ3v) is 5.09. The Bertz CT molecular complexity index is 694. The van der Waals surface area contributed by atoms with Crippen molar-refractivity contribution < 1.29 is 24.2 Å². The smallest absolute Gasteiger partial charge is 0.313 e. The molecule has 1 unspecified atom stereocenters. The van der Waals surface area contributed by atoms with Crippen molar-refractivity contribution in [1.29, 1.82) is 0 Å². The highest BCUT2D eigenvalue weighted by atomic mass is 16.5. The number of aliphatic carboxylic acids is 1. The topological polar surface area (TPSA) is 95.9 Å². The number of carbonyl (C=O) groups excluding carboxylic acids is 2. The highest BCUT2D eigenvalue weighted by Gasteiger charge is 2.44. The van der Waals surface area contributed by atoms with E-state index in [1.165, 1.54) is 7.11 Å². The molecule has 0 spiro atoms. The molecule has 2 fully saturated rings. The van der Waals surface area contributed by atoms with Gasteiger partial charge >= 0.3 is 5.97 Å². The number of carboxylic acids is 1. The fourth-order valence-corrected chi connectivity index (χ4v) is 3.40. The van der Waals surface area contributed by atoms with Crippen molar-refractivity contribution >= 4 is 23.5 Å². The van der Waals surface area contributed by atoms with E-state index in [-0.39, 0.29) is 30.9 Å². The summed E-state index contributed by atoms with van der Waals surface area (Å²) in [5.74, 6) is -0.998. The summed E-state index contributed by atoms with van der Waals surface area (Å²) in [7, 11) is 1.47. The molecule has 1 atom stereocenters. The number of hydrogen-bond donors (Lipinski definition) is 2. The number of rotatable bonds is 6. The van der Waals surface area contributed by atoms with Crippen LogP contribution in [0.1, 0.15) is 36.0 Å². The summed E-state index contributed by atoms with van der Waals surface area (Å²) in [4.78, 5) is 37.9. The molecular weight excluding hydrogens is 336 g/mol. The van der Waals surface area contributed by atoms with Crippen molar-refractivity contribution in [2.45, 2.75) is 25.7 Å². The van der Waals surface area contributed by atoms with Crippen molar-refractivity contribution in [3.8, 4) is 0 Å². The minimum Gasteiger partial charge on any atom is -0.481 e. The maximum atomic E-state index is 12.8. The van der Waals surface area contributed by atoms with E-state index in [1.807, 2.05) is 0 Å². The summed E-state index contributed by atoms with van der Waals surface area (Å²) in [5, 5.41) is 12.4. The van der Waals surface area contributed by atoms with E-state index in [4.69, 9.17) is 4.74 Å². The van der Waals surface area contributed by atoms with Crippen molar-refractivity contribution in [1.82, 2.24) is 4.90 Å². The molecule has 1 heterocycles. The summed E-state index contributed by atoms with van der Waals surface area (Å²) in [5.41, 5.74) is 0.0882. The second-order valence-electron chi connectivity index (χ2n) is 7.19. The van der Waals surface area contributed by atoms with E-state index in [0.717, 1.165) is 12.8 Å². The van der Waals surface area contributed by atoms with E-state index in [1.54, 1.807) is 29.2 Å². The first-order chi connectivity index (χ1) is 12.4. The lowest BCUT2D eigenvalue weighted by atomic mass is 9.80. The number of benzene rings is 1. The molecule has 2 aliphatic rings. The molecule has 1 aliphatic heterocycles. The van der Waals surface area contributed by atoms with Crippen LogP contribution in [0, 0.1) is 11.3 Å². The zero-order chi connectivity index (χ0) is 18.7. The van der Waals surface area contributed by atoms with Crippen molar-refractivity contribution in [2.24, 2.45) is 11.3 Å². The van der Waals surface area contributed by atoms with Crippen molar-refractivity contribution in [2.75, 3.05) is 32.1 Å². The van der Waals surface area contributed by atoms with Gasteiger partial charge in [0.1, 0.15) is 5.41 Å². The molecule has 1 saturated carbocycles. The molecule has 7 nitrogen and oxygen atoms in total. The first-order valence-corrected chi connectivity index (χ1v) is 8.88. The number of nitrogens with zero attached hydrogens (tertiary/aromatic N) is 1. The Hall–Kier alpha value is -2.41. The molecule has 1 aromatic carbocycles. The predicted molar refractivity (Wildman–Crippen MR) is 94.9 cm³/mol. The average Bonchev–Trinajstić information content (AvgIpc) is 3.47. The minimum absolute atomic E-state index is 0.0194. The fourth-order valence-electron chi connectivity index (χ4n) is 3.40.